The monoisotopic (exact) mass is 334 g/mol. The molecule has 0 saturated carbocycles. The van der Waals surface area contributed by atoms with Crippen LogP contribution in [0.4, 0.5) is 0 Å². The van der Waals surface area contributed by atoms with Crippen molar-refractivity contribution in [2.24, 2.45) is 0 Å². The van der Waals surface area contributed by atoms with E-state index in [4.69, 9.17) is 14.8 Å². The lowest BCUT2D eigenvalue weighted by molar-refractivity contribution is 0.257. The van der Waals surface area contributed by atoms with Crippen molar-refractivity contribution in [1.29, 1.82) is 0 Å². The van der Waals surface area contributed by atoms with Gasteiger partial charge in [0.1, 0.15) is 10.8 Å². The van der Waals surface area contributed by atoms with Crippen LogP contribution >= 0.6 is 11.3 Å². The molecule has 23 heavy (non-hydrogen) atoms. The highest BCUT2D eigenvalue weighted by Crippen LogP contribution is 2.32. The molecule has 2 N–H and O–H groups in total. The van der Waals surface area contributed by atoms with E-state index in [0.717, 1.165) is 34.9 Å². The zero-order valence-corrected chi connectivity index (χ0v) is 15.1. The van der Waals surface area contributed by atoms with Crippen LogP contribution in [-0.4, -0.2) is 29.8 Å². The molecule has 2 unspecified atom stereocenters. The minimum absolute atomic E-state index is 0.219. The summed E-state index contributed by atoms with van der Waals surface area (Å²) in [7, 11) is 1.67. The molecule has 1 aromatic carbocycles. The minimum Gasteiger partial charge on any atom is -0.497 e. The Morgan fingerprint density at radius 3 is 2.57 bits per heavy atom. The van der Waals surface area contributed by atoms with Crippen LogP contribution in [0.25, 0.3) is 10.6 Å². The normalized spacial score (nSPS) is 13.8. The molecule has 5 heteroatoms. The van der Waals surface area contributed by atoms with Gasteiger partial charge in [0.05, 0.1) is 12.8 Å². The Labute approximate surface area is 142 Å². The molecular formula is C18H26N2O2S. The Bertz CT molecular complexity index is 610. The molecule has 0 amide bonds. The number of nitrogens with zero attached hydrogens (tertiary/aromatic N) is 1. The number of methoxy groups -OCH3 is 1. The predicted molar refractivity (Wildman–Crippen MR) is 96.2 cm³/mol. The molecular weight excluding hydrogens is 308 g/mol. The summed E-state index contributed by atoms with van der Waals surface area (Å²) in [6.07, 6.45) is 1.79. The van der Waals surface area contributed by atoms with Gasteiger partial charge in [0, 0.05) is 29.1 Å². The standard InChI is InChI=1S/C18H26N2O2S/c1-5-15(10-11-21)19-12(2)17-13(3)20-18(23-17)14-6-8-16(22-4)9-7-14/h6-9,12,15,19,21H,5,10-11H2,1-4H3. The van der Waals surface area contributed by atoms with Crippen LogP contribution in [0.5, 0.6) is 5.75 Å². The van der Waals surface area contributed by atoms with Crippen molar-refractivity contribution in [3.63, 3.8) is 0 Å². The quantitative estimate of drug-likeness (QED) is 0.768. The average Bonchev–Trinajstić information content (AvgIpc) is 2.96. The van der Waals surface area contributed by atoms with Gasteiger partial charge in [0.25, 0.3) is 0 Å². The van der Waals surface area contributed by atoms with Crippen LogP contribution < -0.4 is 10.1 Å². The number of ether oxygens (including phenoxy) is 1. The molecule has 0 fully saturated rings. The molecule has 0 aliphatic heterocycles. The highest BCUT2D eigenvalue weighted by atomic mass is 32.1. The zero-order chi connectivity index (χ0) is 16.8. The van der Waals surface area contributed by atoms with Gasteiger partial charge >= 0.3 is 0 Å². The molecule has 2 atom stereocenters. The lowest BCUT2D eigenvalue weighted by atomic mass is 10.1. The van der Waals surface area contributed by atoms with E-state index in [2.05, 4.69) is 26.1 Å². The second-order valence-electron chi connectivity index (χ2n) is 5.70. The van der Waals surface area contributed by atoms with E-state index < -0.39 is 0 Å². The van der Waals surface area contributed by atoms with E-state index in [0.29, 0.717) is 6.04 Å². The first kappa shape index (κ1) is 17.9. The van der Waals surface area contributed by atoms with Crippen LogP contribution in [0, 0.1) is 6.92 Å². The number of hydrogen-bond donors (Lipinski definition) is 2. The summed E-state index contributed by atoms with van der Waals surface area (Å²) in [6.45, 7) is 6.59. The maximum atomic E-state index is 9.14. The highest BCUT2D eigenvalue weighted by molar-refractivity contribution is 7.15. The van der Waals surface area contributed by atoms with E-state index in [1.165, 1.54) is 4.88 Å². The van der Waals surface area contributed by atoms with Gasteiger partial charge in [-0.05, 0) is 51.0 Å². The molecule has 0 radical (unpaired) electrons. The van der Waals surface area contributed by atoms with Crippen LogP contribution in [0.15, 0.2) is 24.3 Å². The minimum atomic E-state index is 0.219. The van der Waals surface area contributed by atoms with Crippen molar-refractivity contribution in [1.82, 2.24) is 10.3 Å². The van der Waals surface area contributed by atoms with Crippen molar-refractivity contribution in [3.8, 4) is 16.3 Å². The van der Waals surface area contributed by atoms with Gasteiger partial charge in [-0.15, -0.1) is 11.3 Å². The molecule has 1 heterocycles. The van der Waals surface area contributed by atoms with E-state index in [-0.39, 0.29) is 12.6 Å². The molecule has 4 nitrogen and oxygen atoms in total. The summed E-state index contributed by atoms with van der Waals surface area (Å²) in [5.74, 6) is 0.854. The third-order valence-electron chi connectivity index (χ3n) is 4.02. The SMILES string of the molecule is CCC(CCO)NC(C)c1sc(-c2ccc(OC)cc2)nc1C. The molecule has 0 aliphatic carbocycles. The molecule has 0 bridgehead atoms. The third-order valence-corrected chi connectivity index (χ3v) is 5.41. The number of aliphatic hydroxyl groups is 1. The molecule has 0 spiro atoms. The van der Waals surface area contributed by atoms with Gasteiger partial charge < -0.3 is 15.2 Å². The first-order chi connectivity index (χ1) is 11.1. The maximum Gasteiger partial charge on any atom is 0.123 e. The van der Waals surface area contributed by atoms with Crippen molar-refractivity contribution < 1.29 is 9.84 Å². The summed E-state index contributed by atoms with van der Waals surface area (Å²) in [5.41, 5.74) is 2.18. The largest absolute Gasteiger partial charge is 0.497 e. The number of thiazole rings is 1. The Kier molecular flexibility index (Phi) is 6.57. The summed E-state index contributed by atoms with van der Waals surface area (Å²) in [5, 5.41) is 13.8. The van der Waals surface area contributed by atoms with Crippen molar-refractivity contribution in [2.75, 3.05) is 13.7 Å². The molecule has 126 valence electrons. The molecule has 2 aromatic rings. The number of hydrogen-bond acceptors (Lipinski definition) is 5. The first-order valence-corrected chi connectivity index (χ1v) is 8.89. The number of aromatic nitrogens is 1. The fourth-order valence-electron chi connectivity index (χ4n) is 2.66. The van der Waals surface area contributed by atoms with Gasteiger partial charge in [-0.3, -0.25) is 0 Å². The second-order valence-corrected chi connectivity index (χ2v) is 6.73. The van der Waals surface area contributed by atoms with Crippen molar-refractivity contribution in [2.45, 2.75) is 45.7 Å². The number of rotatable bonds is 8. The lowest BCUT2D eigenvalue weighted by Crippen LogP contribution is -2.31. The van der Waals surface area contributed by atoms with Crippen molar-refractivity contribution >= 4 is 11.3 Å². The number of benzene rings is 1. The van der Waals surface area contributed by atoms with Gasteiger partial charge in [-0.1, -0.05) is 6.92 Å². The average molecular weight is 334 g/mol. The van der Waals surface area contributed by atoms with Gasteiger partial charge in [-0.2, -0.15) is 0 Å². The molecule has 1 aromatic heterocycles. The third kappa shape index (κ3) is 4.53. The summed E-state index contributed by atoms with van der Waals surface area (Å²) in [6, 6.07) is 8.57. The van der Waals surface area contributed by atoms with Gasteiger partial charge in [0.2, 0.25) is 0 Å². The van der Waals surface area contributed by atoms with Gasteiger partial charge in [0.15, 0.2) is 0 Å². The van der Waals surface area contributed by atoms with E-state index in [1.54, 1.807) is 18.4 Å². The molecule has 0 aliphatic rings. The molecule has 2 rings (SSSR count). The smallest absolute Gasteiger partial charge is 0.123 e. The van der Waals surface area contributed by atoms with E-state index in [1.807, 2.05) is 24.3 Å². The topological polar surface area (TPSA) is 54.4 Å². The summed E-state index contributed by atoms with van der Waals surface area (Å²) in [4.78, 5) is 5.98. The van der Waals surface area contributed by atoms with Crippen LogP contribution in [-0.2, 0) is 0 Å². The Balaban J connectivity index is 2.16. The Morgan fingerprint density at radius 1 is 1.30 bits per heavy atom. The summed E-state index contributed by atoms with van der Waals surface area (Å²) >= 11 is 1.73. The predicted octanol–water partition coefficient (Wildman–Crippen LogP) is 3.94. The van der Waals surface area contributed by atoms with Crippen molar-refractivity contribution in [3.05, 3.63) is 34.8 Å². The van der Waals surface area contributed by atoms with Crippen LogP contribution in [0.2, 0.25) is 0 Å². The number of nitrogens with one attached hydrogen (secondary N) is 1. The summed E-state index contributed by atoms with van der Waals surface area (Å²) < 4.78 is 5.20. The first-order valence-electron chi connectivity index (χ1n) is 8.07. The lowest BCUT2D eigenvalue weighted by Gasteiger charge is -2.21. The molecule has 0 saturated heterocycles. The van der Waals surface area contributed by atoms with Crippen LogP contribution in [0.1, 0.15) is 43.3 Å². The number of aliphatic hydroxyl groups excluding tert-OH is 1. The Morgan fingerprint density at radius 2 is 2.00 bits per heavy atom. The number of aryl methyl sites for hydroxylation is 1. The van der Waals surface area contributed by atoms with E-state index >= 15 is 0 Å². The fraction of sp³-hybridized carbons (Fsp3) is 0.500. The van der Waals surface area contributed by atoms with E-state index in [9.17, 15) is 0 Å². The Hall–Kier alpha value is -1.43. The maximum absolute atomic E-state index is 9.14. The fourth-order valence-corrected chi connectivity index (χ4v) is 3.74. The van der Waals surface area contributed by atoms with Gasteiger partial charge in [-0.25, -0.2) is 4.98 Å². The van der Waals surface area contributed by atoms with Crippen LogP contribution in [0.3, 0.4) is 0 Å². The second kappa shape index (κ2) is 8.43. The highest BCUT2D eigenvalue weighted by Gasteiger charge is 2.18. The zero-order valence-electron chi connectivity index (χ0n) is 14.3.